The van der Waals surface area contributed by atoms with E-state index in [-0.39, 0.29) is 12.5 Å². The van der Waals surface area contributed by atoms with Gasteiger partial charge in [0.1, 0.15) is 12.6 Å². The number of nitrogens with zero attached hydrogens (tertiary/aromatic N) is 3. The minimum atomic E-state index is -0.572. The highest BCUT2D eigenvalue weighted by molar-refractivity contribution is 7.13. The summed E-state index contributed by atoms with van der Waals surface area (Å²) in [5, 5.41) is 2.45. The molecule has 0 radical (unpaired) electrons. The number of hydrogen-bond acceptors (Lipinski definition) is 5. The number of hydrogen-bond donors (Lipinski definition) is 0. The molecule has 1 unspecified atom stereocenters. The number of ether oxygens (including phenoxy) is 1. The largest absolute Gasteiger partial charge is 0.445 e. The highest BCUT2D eigenvalue weighted by Crippen LogP contribution is 2.31. The molecule has 1 fully saturated rings. The first kappa shape index (κ1) is 22.0. The van der Waals surface area contributed by atoms with Crippen LogP contribution >= 0.6 is 11.3 Å². The molecule has 32 heavy (non-hydrogen) atoms. The van der Waals surface area contributed by atoms with Crippen molar-refractivity contribution in [3.63, 3.8) is 0 Å². The van der Waals surface area contributed by atoms with Crippen LogP contribution in [0.5, 0.6) is 0 Å². The molecule has 0 saturated carbocycles. The molecule has 0 N–H and O–H groups in total. The number of aryl methyl sites for hydroxylation is 1. The number of thiazole rings is 1. The monoisotopic (exact) mass is 449 g/mol. The second kappa shape index (κ2) is 10.4. The van der Waals surface area contributed by atoms with Gasteiger partial charge in [-0.1, -0.05) is 55.8 Å². The average molecular weight is 450 g/mol. The molecule has 1 aliphatic rings. The van der Waals surface area contributed by atoms with E-state index in [2.05, 4.69) is 11.9 Å². The molecular weight excluding hydrogens is 422 g/mol. The first-order chi connectivity index (χ1) is 15.7. The van der Waals surface area contributed by atoms with E-state index < -0.39 is 12.1 Å². The summed E-state index contributed by atoms with van der Waals surface area (Å²) in [5.41, 5.74) is 2.91. The number of anilines is 2. The Morgan fingerprint density at radius 1 is 1.12 bits per heavy atom. The number of rotatable bonds is 7. The van der Waals surface area contributed by atoms with Crippen molar-refractivity contribution in [2.24, 2.45) is 0 Å². The van der Waals surface area contributed by atoms with Gasteiger partial charge in [0.05, 0.1) is 5.69 Å². The maximum absolute atomic E-state index is 13.7. The van der Waals surface area contributed by atoms with Crippen molar-refractivity contribution in [3.8, 4) is 0 Å². The maximum Gasteiger partial charge on any atom is 0.410 e. The highest BCUT2D eigenvalue weighted by atomic mass is 32.1. The molecule has 7 heteroatoms. The predicted molar refractivity (Wildman–Crippen MR) is 126 cm³/mol. The number of aromatic nitrogens is 1. The van der Waals surface area contributed by atoms with Crippen LogP contribution in [0.15, 0.2) is 66.2 Å². The Bertz CT molecular complexity index is 1020. The number of amides is 2. The second-order valence-corrected chi connectivity index (χ2v) is 8.67. The summed E-state index contributed by atoms with van der Waals surface area (Å²) in [4.78, 5) is 34.1. The minimum absolute atomic E-state index is 0.155. The van der Waals surface area contributed by atoms with Gasteiger partial charge in [0, 0.05) is 18.1 Å². The average Bonchev–Trinajstić information content (AvgIpc) is 3.52. The fourth-order valence-electron chi connectivity index (χ4n) is 3.95. The molecule has 3 aromatic rings. The molecule has 2 aromatic carbocycles. The van der Waals surface area contributed by atoms with Crippen molar-refractivity contribution in [1.82, 2.24) is 9.88 Å². The number of likely N-dealkylation sites (tertiary alicyclic amines) is 1. The van der Waals surface area contributed by atoms with Crippen molar-refractivity contribution in [3.05, 3.63) is 77.3 Å². The van der Waals surface area contributed by atoms with Gasteiger partial charge in [0.2, 0.25) is 0 Å². The number of carbonyl (C=O) groups excluding carboxylic acids is 2. The highest BCUT2D eigenvalue weighted by Gasteiger charge is 2.39. The Kier molecular flexibility index (Phi) is 7.17. The molecule has 1 saturated heterocycles. The van der Waals surface area contributed by atoms with E-state index in [0.29, 0.717) is 18.1 Å². The zero-order valence-electron chi connectivity index (χ0n) is 18.1. The van der Waals surface area contributed by atoms with Crippen molar-refractivity contribution in [2.75, 3.05) is 11.4 Å². The van der Waals surface area contributed by atoms with E-state index in [1.54, 1.807) is 16.0 Å². The molecule has 1 aromatic heterocycles. The fourth-order valence-corrected chi connectivity index (χ4v) is 4.62. The maximum atomic E-state index is 13.7. The summed E-state index contributed by atoms with van der Waals surface area (Å²) in [7, 11) is 0. The van der Waals surface area contributed by atoms with Crippen LogP contribution in [-0.4, -0.2) is 34.5 Å². The van der Waals surface area contributed by atoms with E-state index in [1.807, 2.05) is 60.0 Å². The number of carbonyl (C=O) groups is 2. The summed E-state index contributed by atoms with van der Waals surface area (Å²) < 4.78 is 5.51. The van der Waals surface area contributed by atoms with Crippen LogP contribution in [0.25, 0.3) is 0 Å². The van der Waals surface area contributed by atoms with Crippen molar-refractivity contribution >= 4 is 34.2 Å². The van der Waals surface area contributed by atoms with Crippen molar-refractivity contribution < 1.29 is 14.3 Å². The van der Waals surface area contributed by atoms with Crippen LogP contribution < -0.4 is 4.90 Å². The molecule has 2 amide bonds. The number of benzene rings is 2. The second-order valence-electron chi connectivity index (χ2n) is 7.80. The van der Waals surface area contributed by atoms with Gasteiger partial charge in [-0.15, -0.1) is 11.3 Å². The predicted octanol–water partition coefficient (Wildman–Crippen LogP) is 5.56. The van der Waals surface area contributed by atoms with Gasteiger partial charge in [0.15, 0.2) is 5.13 Å². The molecule has 1 atom stereocenters. The molecular formula is C25H27N3O3S. The standard InChI is InChI=1S/C25H27N3O3S/c1-2-7-19-11-13-21(14-12-19)28(24-26-15-17-32-24)23(29)22-10-6-16-27(22)25(30)31-18-20-8-4-3-5-9-20/h3-5,8-9,11-15,17,22H,2,6-7,10,16,18H2,1H3. The van der Waals surface area contributed by atoms with Gasteiger partial charge in [-0.3, -0.25) is 14.6 Å². The molecule has 0 spiro atoms. The van der Waals surface area contributed by atoms with Gasteiger partial charge in [-0.25, -0.2) is 9.78 Å². The van der Waals surface area contributed by atoms with Crippen LogP contribution in [0.2, 0.25) is 0 Å². The van der Waals surface area contributed by atoms with Gasteiger partial charge in [-0.2, -0.15) is 0 Å². The van der Waals surface area contributed by atoms with E-state index >= 15 is 0 Å². The molecule has 166 valence electrons. The van der Waals surface area contributed by atoms with Crippen LogP contribution in [-0.2, 0) is 22.6 Å². The smallest absolute Gasteiger partial charge is 0.410 e. The Hall–Kier alpha value is -3.19. The van der Waals surface area contributed by atoms with Gasteiger partial charge in [0.25, 0.3) is 5.91 Å². The molecule has 0 aliphatic carbocycles. The Labute approximate surface area is 192 Å². The molecule has 0 bridgehead atoms. The lowest BCUT2D eigenvalue weighted by molar-refractivity contribution is -0.121. The lowest BCUT2D eigenvalue weighted by atomic mass is 10.1. The third kappa shape index (κ3) is 4.99. The zero-order chi connectivity index (χ0) is 22.3. The Balaban J connectivity index is 1.52. The van der Waals surface area contributed by atoms with Gasteiger partial charge < -0.3 is 4.74 Å². The van der Waals surface area contributed by atoms with Gasteiger partial charge in [-0.05, 0) is 42.5 Å². The van der Waals surface area contributed by atoms with Crippen LogP contribution in [0, 0.1) is 0 Å². The van der Waals surface area contributed by atoms with Crippen molar-refractivity contribution in [2.45, 2.75) is 45.3 Å². The zero-order valence-corrected chi connectivity index (χ0v) is 19.0. The third-order valence-corrected chi connectivity index (χ3v) is 6.30. The quantitative estimate of drug-likeness (QED) is 0.474. The topological polar surface area (TPSA) is 62.7 Å². The minimum Gasteiger partial charge on any atom is -0.445 e. The Morgan fingerprint density at radius 2 is 1.91 bits per heavy atom. The van der Waals surface area contributed by atoms with Crippen LogP contribution in [0.1, 0.15) is 37.3 Å². The summed E-state index contributed by atoms with van der Waals surface area (Å²) in [6, 6.07) is 17.0. The molecule has 6 nitrogen and oxygen atoms in total. The van der Waals surface area contributed by atoms with E-state index in [4.69, 9.17) is 4.74 Å². The van der Waals surface area contributed by atoms with Gasteiger partial charge >= 0.3 is 6.09 Å². The summed E-state index contributed by atoms with van der Waals surface area (Å²) >= 11 is 1.40. The fraction of sp³-hybridized carbons (Fsp3) is 0.320. The first-order valence-electron chi connectivity index (χ1n) is 11.0. The molecule has 2 heterocycles. The normalized spacial score (nSPS) is 15.5. The molecule has 4 rings (SSSR count). The van der Waals surface area contributed by atoms with Crippen LogP contribution in [0.3, 0.4) is 0 Å². The van der Waals surface area contributed by atoms with Crippen LogP contribution in [0.4, 0.5) is 15.6 Å². The van der Waals surface area contributed by atoms with Crippen molar-refractivity contribution in [1.29, 1.82) is 0 Å². The lowest BCUT2D eigenvalue weighted by Crippen LogP contribution is -2.46. The SMILES string of the molecule is CCCc1ccc(N(C(=O)C2CCCN2C(=O)OCc2ccccc2)c2nccs2)cc1. The first-order valence-corrected chi connectivity index (χ1v) is 11.8. The van der Waals surface area contributed by atoms with E-state index in [1.165, 1.54) is 16.9 Å². The third-order valence-electron chi connectivity index (χ3n) is 5.54. The summed E-state index contributed by atoms with van der Waals surface area (Å²) in [5.74, 6) is -0.155. The van der Waals surface area contributed by atoms with E-state index in [9.17, 15) is 9.59 Å². The van der Waals surface area contributed by atoms with E-state index in [0.717, 1.165) is 30.5 Å². The Morgan fingerprint density at radius 3 is 2.59 bits per heavy atom. The summed E-state index contributed by atoms with van der Waals surface area (Å²) in [6.07, 6.45) is 4.66. The molecule has 1 aliphatic heterocycles. The summed E-state index contributed by atoms with van der Waals surface area (Å²) in [6.45, 7) is 2.84. The lowest BCUT2D eigenvalue weighted by Gasteiger charge is -2.28.